The number of benzene rings is 1. The van der Waals surface area contributed by atoms with Crippen LogP contribution in [-0.2, 0) is 11.2 Å². The van der Waals surface area contributed by atoms with E-state index in [2.05, 4.69) is 5.32 Å². The minimum absolute atomic E-state index is 0.128. The van der Waals surface area contributed by atoms with Crippen LogP contribution in [-0.4, -0.2) is 22.8 Å². The molecule has 0 aliphatic carbocycles. The number of ether oxygens (including phenoxy) is 1. The van der Waals surface area contributed by atoms with Crippen molar-refractivity contribution in [2.24, 2.45) is 0 Å². The number of carbonyl (C=O) groups excluding carboxylic acids is 1. The van der Waals surface area contributed by atoms with Crippen LogP contribution in [0.3, 0.4) is 0 Å². The fourth-order valence-corrected chi connectivity index (χ4v) is 1.55. The van der Waals surface area contributed by atoms with Crippen molar-refractivity contribution >= 4 is 17.7 Å². The highest BCUT2D eigenvalue weighted by molar-refractivity contribution is 5.92. The molecule has 0 unspecified atom stereocenters. The Balaban J connectivity index is 2.95. The molecule has 1 aromatic rings. The summed E-state index contributed by atoms with van der Waals surface area (Å²) in [6.45, 7) is 7.22. The fraction of sp³-hybridized carbons (Fsp3) is 0.429. The predicted molar refractivity (Wildman–Crippen MR) is 72.6 cm³/mol. The SMILES string of the molecule is CCc1ccc(C(=O)O)cc1NC(=O)OC(C)(C)C. The van der Waals surface area contributed by atoms with Gasteiger partial charge >= 0.3 is 12.1 Å². The van der Waals surface area contributed by atoms with E-state index in [1.807, 2.05) is 6.92 Å². The number of aromatic carboxylic acids is 1. The molecular weight excluding hydrogens is 246 g/mol. The highest BCUT2D eigenvalue weighted by atomic mass is 16.6. The molecule has 5 heteroatoms. The Bertz CT molecular complexity index is 489. The number of hydrogen-bond donors (Lipinski definition) is 2. The molecule has 1 rings (SSSR count). The Morgan fingerprint density at radius 1 is 1.32 bits per heavy atom. The van der Waals surface area contributed by atoms with Crippen LogP contribution in [0.5, 0.6) is 0 Å². The molecule has 0 fully saturated rings. The Kier molecular flexibility index (Phi) is 4.53. The van der Waals surface area contributed by atoms with E-state index in [4.69, 9.17) is 9.84 Å². The van der Waals surface area contributed by atoms with Gasteiger partial charge in [0, 0.05) is 5.69 Å². The topological polar surface area (TPSA) is 75.6 Å². The minimum Gasteiger partial charge on any atom is -0.478 e. The average molecular weight is 265 g/mol. The lowest BCUT2D eigenvalue weighted by Gasteiger charge is -2.20. The summed E-state index contributed by atoms with van der Waals surface area (Å²) < 4.78 is 5.14. The molecule has 1 amide bonds. The molecule has 0 aromatic heterocycles. The Labute approximate surface area is 112 Å². The van der Waals surface area contributed by atoms with Gasteiger partial charge in [0.2, 0.25) is 0 Å². The summed E-state index contributed by atoms with van der Waals surface area (Å²) in [5.41, 5.74) is 0.858. The van der Waals surface area contributed by atoms with Gasteiger partial charge < -0.3 is 9.84 Å². The van der Waals surface area contributed by atoms with E-state index in [-0.39, 0.29) is 5.56 Å². The van der Waals surface area contributed by atoms with E-state index in [1.165, 1.54) is 12.1 Å². The number of carboxylic acid groups (broad SMARTS) is 1. The Morgan fingerprint density at radius 2 is 1.95 bits per heavy atom. The van der Waals surface area contributed by atoms with Crippen LogP contribution in [0, 0.1) is 0 Å². The number of amides is 1. The van der Waals surface area contributed by atoms with E-state index < -0.39 is 17.7 Å². The average Bonchev–Trinajstić information content (AvgIpc) is 2.26. The molecule has 1 aromatic carbocycles. The van der Waals surface area contributed by atoms with E-state index in [0.29, 0.717) is 12.1 Å². The zero-order valence-electron chi connectivity index (χ0n) is 11.6. The second kappa shape index (κ2) is 5.73. The summed E-state index contributed by atoms with van der Waals surface area (Å²) >= 11 is 0. The van der Waals surface area contributed by atoms with Gasteiger partial charge in [0.05, 0.1) is 5.56 Å². The van der Waals surface area contributed by atoms with Gasteiger partial charge in [0.15, 0.2) is 0 Å². The molecule has 0 saturated heterocycles. The molecule has 0 bridgehead atoms. The summed E-state index contributed by atoms with van der Waals surface area (Å²) in [6, 6.07) is 4.64. The fourth-order valence-electron chi connectivity index (χ4n) is 1.55. The van der Waals surface area contributed by atoms with Crippen LogP contribution >= 0.6 is 0 Å². The first-order chi connectivity index (χ1) is 8.73. The lowest BCUT2D eigenvalue weighted by Crippen LogP contribution is -2.27. The number of carboxylic acids is 1. The zero-order chi connectivity index (χ0) is 14.6. The number of hydrogen-bond acceptors (Lipinski definition) is 3. The van der Waals surface area contributed by atoms with Crippen LogP contribution in [0.25, 0.3) is 0 Å². The molecule has 104 valence electrons. The van der Waals surface area contributed by atoms with Gasteiger partial charge in [0.25, 0.3) is 0 Å². The maximum Gasteiger partial charge on any atom is 0.412 e. The zero-order valence-corrected chi connectivity index (χ0v) is 11.6. The summed E-state index contributed by atoms with van der Waals surface area (Å²) in [7, 11) is 0. The molecule has 0 radical (unpaired) electrons. The predicted octanol–water partition coefficient (Wildman–Crippen LogP) is 3.29. The molecule has 0 aliphatic rings. The molecule has 2 N–H and O–H groups in total. The van der Waals surface area contributed by atoms with Gasteiger partial charge in [-0.2, -0.15) is 0 Å². The molecule has 0 aliphatic heterocycles. The van der Waals surface area contributed by atoms with Crippen molar-refractivity contribution in [3.63, 3.8) is 0 Å². The normalized spacial score (nSPS) is 10.9. The van der Waals surface area contributed by atoms with E-state index in [1.54, 1.807) is 26.8 Å². The van der Waals surface area contributed by atoms with Gasteiger partial charge in [-0.1, -0.05) is 13.0 Å². The van der Waals surface area contributed by atoms with Crippen LogP contribution in [0.1, 0.15) is 43.6 Å². The van der Waals surface area contributed by atoms with Crippen LogP contribution < -0.4 is 5.32 Å². The lowest BCUT2D eigenvalue weighted by atomic mass is 10.1. The molecule has 0 atom stereocenters. The van der Waals surface area contributed by atoms with E-state index in [0.717, 1.165) is 5.56 Å². The van der Waals surface area contributed by atoms with Gasteiger partial charge in [-0.15, -0.1) is 0 Å². The summed E-state index contributed by atoms with van der Waals surface area (Å²) in [4.78, 5) is 22.6. The van der Waals surface area contributed by atoms with Crippen molar-refractivity contribution in [3.05, 3.63) is 29.3 Å². The van der Waals surface area contributed by atoms with E-state index in [9.17, 15) is 9.59 Å². The first-order valence-electron chi connectivity index (χ1n) is 6.09. The van der Waals surface area contributed by atoms with Crippen LogP contribution in [0.2, 0.25) is 0 Å². The van der Waals surface area contributed by atoms with Gasteiger partial charge in [-0.05, 0) is 44.9 Å². The molecule has 0 saturated carbocycles. The molecule has 0 spiro atoms. The molecular formula is C14H19NO4. The van der Waals surface area contributed by atoms with Crippen molar-refractivity contribution in [2.45, 2.75) is 39.7 Å². The highest BCUT2D eigenvalue weighted by Crippen LogP contribution is 2.20. The lowest BCUT2D eigenvalue weighted by molar-refractivity contribution is 0.0632. The second-order valence-corrected chi connectivity index (χ2v) is 5.16. The van der Waals surface area contributed by atoms with Crippen LogP contribution in [0.4, 0.5) is 10.5 Å². The molecule has 0 heterocycles. The number of carbonyl (C=O) groups is 2. The molecule has 19 heavy (non-hydrogen) atoms. The van der Waals surface area contributed by atoms with Crippen molar-refractivity contribution in [1.29, 1.82) is 0 Å². The minimum atomic E-state index is -1.03. The largest absolute Gasteiger partial charge is 0.478 e. The van der Waals surface area contributed by atoms with Gasteiger partial charge in [-0.25, -0.2) is 9.59 Å². The molecule has 5 nitrogen and oxygen atoms in total. The maximum absolute atomic E-state index is 11.7. The third kappa shape index (κ3) is 4.62. The maximum atomic E-state index is 11.7. The summed E-state index contributed by atoms with van der Waals surface area (Å²) in [5.74, 6) is -1.03. The van der Waals surface area contributed by atoms with Crippen molar-refractivity contribution in [2.75, 3.05) is 5.32 Å². The van der Waals surface area contributed by atoms with E-state index >= 15 is 0 Å². The van der Waals surface area contributed by atoms with Crippen LogP contribution in [0.15, 0.2) is 18.2 Å². The van der Waals surface area contributed by atoms with Gasteiger partial charge in [0.1, 0.15) is 5.60 Å². The van der Waals surface area contributed by atoms with Gasteiger partial charge in [-0.3, -0.25) is 5.32 Å². The monoisotopic (exact) mass is 265 g/mol. The summed E-state index contributed by atoms with van der Waals surface area (Å²) in [5, 5.41) is 11.5. The third-order valence-corrected chi connectivity index (χ3v) is 2.37. The quantitative estimate of drug-likeness (QED) is 0.879. The second-order valence-electron chi connectivity index (χ2n) is 5.16. The van der Waals surface area contributed by atoms with Crippen molar-refractivity contribution < 1.29 is 19.4 Å². The smallest absolute Gasteiger partial charge is 0.412 e. The third-order valence-electron chi connectivity index (χ3n) is 2.37. The Hall–Kier alpha value is -2.04. The number of nitrogens with one attached hydrogen (secondary N) is 1. The number of rotatable bonds is 3. The number of anilines is 1. The summed E-state index contributed by atoms with van der Waals surface area (Å²) in [6.07, 6.45) is 0.0927. The first-order valence-corrected chi connectivity index (χ1v) is 6.09. The first kappa shape index (κ1) is 15.0. The number of aryl methyl sites for hydroxylation is 1. The standard InChI is InChI=1S/C14H19NO4/c1-5-9-6-7-10(12(16)17)8-11(9)15-13(18)19-14(2,3)4/h6-8H,5H2,1-4H3,(H,15,18)(H,16,17). The van der Waals surface area contributed by atoms with Crippen molar-refractivity contribution in [3.8, 4) is 0 Å². The highest BCUT2D eigenvalue weighted by Gasteiger charge is 2.17. The van der Waals surface area contributed by atoms with Crippen molar-refractivity contribution in [1.82, 2.24) is 0 Å². The Morgan fingerprint density at radius 3 is 2.42 bits per heavy atom.